The normalized spacial score (nSPS) is 17.4. The first-order chi connectivity index (χ1) is 18.7. The number of pyridine rings is 1. The van der Waals surface area contributed by atoms with Gasteiger partial charge in [0.15, 0.2) is 6.20 Å². The SMILES string of the molecule is [2H]C1([2H])CCC(C)(C)c2c(-c3c(F)ccc4c3oc3c(-c5cccc[n+]5C)c(C)ccc34)ccc(C(C)(C)C)c21. The Bertz CT molecular complexity index is 1820. The maximum atomic E-state index is 16.1. The van der Waals surface area contributed by atoms with Gasteiger partial charge in [-0.1, -0.05) is 58.9 Å². The van der Waals surface area contributed by atoms with Crippen LogP contribution < -0.4 is 4.57 Å². The molecule has 0 aliphatic heterocycles. The highest BCUT2D eigenvalue weighted by molar-refractivity contribution is 6.13. The van der Waals surface area contributed by atoms with E-state index in [4.69, 9.17) is 7.16 Å². The second-order valence-corrected chi connectivity index (χ2v) is 12.5. The minimum absolute atomic E-state index is 0.259. The summed E-state index contributed by atoms with van der Waals surface area (Å²) in [7, 11) is 2.01. The molecule has 0 bridgehead atoms. The quantitative estimate of drug-likeness (QED) is 0.217. The standard InChI is InChI=1S/C35H37FNO/c1-21-13-14-22-23-16-18-27(36)30(33(23)38-32(22)29(21)28-12-8-9-20-37(28)7)25-15-17-26(34(2,3)4)24-11-10-19-35(5,6)31(24)25/h8-9,12-18,20H,10-11,19H2,1-7H3/q+1/i11D2. The Morgan fingerprint density at radius 2 is 1.66 bits per heavy atom. The Balaban J connectivity index is 1.75. The van der Waals surface area contributed by atoms with Crippen LogP contribution in [0.2, 0.25) is 0 Å². The zero-order valence-electron chi connectivity index (χ0n) is 25.4. The Morgan fingerprint density at radius 1 is 0.947 bits per heavy atom. The largest absolute Gasteiger partial charge is 0.454 e. The summed E-state index contributed by atoms with van der Waals surface area (Å²) in [6, 6.07) is 17.6. The van der Waals surface area contributed by atoms with Crippen molar-refractivity contribution in [2.45, 2.75) is 71.6 Å². The summed E-state index contributed by atoms with van der Waals surface area (Å²) in [5.41, 5.74) is 7.47. The molecule has 1 aliphatic carbocycles. The molecule has 2 heterocycles. The van der Waals surface area contributed by atoms with Crippen LogP contribution in [0.3, 0.4) is 0 Å². The summed E-state index contributed by atoms with van der Waals surface area (Å²) >= 11 is 0. The molecular formula is C35H37FNO+. The molecule has 38 heavy (non-hydrogen) atoms. The second kappa shape index (κ2) is 8.53. The van der Waals surface area contributed by atoms with Crippen LogP contribution in [-0.2, 0) is 24.3 Å². The van der Waals surface area contributed by atoms with Crippen LogP contribution in [0.25, 0.3) is 44.3 Å². The highest BCUT2D eigenvalue weighted by atomic mass is 19.1. The van der Waals surface area contributed by atoms with Gasteiger partial charge in [0.25, 0.3) is 0 Å². The fourth-order valence-electron chi connectivity index (χ4n) is 6.28. The van der Waals surface area contributed by atoms with E-state index in [1.807, 2.05) is 43.6 Å². The molecule has 0 radical (unpaired) electrons. The average Bonchev–Trinajstić information content (AvgIpc) is 3.24. The van der Waals surface area contributed by atoms with E-state index in [-0.39, 0.29) is 16.6 Å². The number of halogens is 1. The summed E-state index contributed by atoms with van der Waals surface area (Å²) in [6.07, 6.45) is 1.63. The molecule has 0 spiro atoms. The molecule has 0 unspecified atom stereocenters. The number of furan rings is 1. The first kappa shape index (κ1) is 22.5. The lowest BCUT2D eigenvalue weighted by molar-refractivity contribution is -0.660. The first-order valence-electron chi connectivity index (χ1n) is 14.5. The smallest absolute Gasteiger partial charge is 0.216 e. The summed E-state index contributed by atoms with van der Waals surface area (Å²) < 4.78 is 43.0. The number of benzene rings is 3. The van der Waals surface area contributed by atoms with Crippen LogP contribution in [-0.4, -0.2) is 0 Å². The van der Waals surface area contributed by atoms with Gasteiger partial charge in [0.1, 0.15) is 24.0 Å². The van der Waals surface area contributed by atoms with E-state index in [0.717, 1.165) is 49.9 Å². The van der Waals surface area contributed by atoms with Crippen molar-refractivity contribution in [3.05, 3.63) is 88.9 Å². The summed E-state index contributed by atoms with van der Waals surface area (Å²) in [4.78, 5) is 0. The molecule has 5 aromatic rings. The number of hydrogen-bond donors (Lipinski definition) is 0. The van der Waals surface area contributed by atoms with E-state index in [9.17, 15) is 0 Å². The van der Waals surface area contributed by atoms with Crippen LogP contribution in [0.15, 0.2) is 65.2 Å². The number of hydrogen-bond acceptors (Lipinski definition) is 1. The summed E-state index contributed by atoms with van der Waals surface area (Å²) in [5, 5.41) is 1.80. The molecule has 194 valence electrons. The number of fused-ring (bicyclic) bond motifs is 4. The van der Waals surface area contributed by atoms with Gasteiger partial charge in [-0.05, 0) is 83.0 Å². The predicted molar refractivity (Wildman–Crippen MR) is 155 cm³/mol. The zero-order chi connectivity index (χ0) is 28.8. The van der Waals surface area contributed by atoms with Crippen LogP contribution in [0.4, 0.5) is 4.39 Å². The van der Waals surface area contributed by atoms with E-state index in [0.29, 0.717) is 29.6 Å². The lowest BCUT2D eigenvalue weighted by Gasteiger charge is -2.38. The molecule has 6 rings (SSSR count). The van der Waals surface area contributed by atoms with Gasteiger partial charge >= 0.3 is 0 Å². The van der Waals surface area contributed by atoms with Crippen LogP contribution in [0, 0.1) is 12.7 Å². The summed E-state index contributed by atoms with van der Waals surface area (Å²) in [5.74, 6) is -0.359. The third-order valence-corrected chi connectivity index (χ3v) is 8.29. The Morgan fingerprint density at radius 3 is 2.37 bits per heavy atom. The van der Waals surface area contributed by atoms with Crippen molar-refractivity contribution in [2.24, 2.45) is 7.05 Å². The highest BCUT2D eigenvalue weighted by Gasteiger charge is 2.35. The van der Waals surface area contributed by atoms with Gasteiger partial charge in [0.2, 0.25) is 5.69 Å². The highest BCUT2D eigenvalue weighted by Crippen LogP contribution is 2.49. The first-order valence-corrected chi connectivity index (χ1v) is 13.5. The second-order valence-electron chi connectivity index (χ2n) is 12.5. The van der Waals surface area contributed by atoms with Gasteiger partial charge in [0.05, 0.1) is 11.1 Å². The molecular weight excluding hydrogens is 469 g/mol. The van der Waals surface area contributed by atoms with E-state index < -0.39 is 6.37 Å². The van der Waals surface area contributed by atoms with Gasteiger partial charge in [-0.25, -0.2) is 8.96 Å². The lowest BCUT2D eigenvalue weighted by Crippen LogP contribution is -2.30. The van der Waals surface area contributed by atoms with Gasteiger partial charge < -0.3 is 4.42 Å². The minimum atomic E-state index is -1.51. The number of rotatable bonds is 2. The molecule has 0 saturated heterocycles. The Kier molecular flexibility index (Phi) is 5.05. The van der Waals surface area contributed by atoms with Crippen LogP contribution in [0.5, 0.6) is 0 Å². The number of aromatic nitrogens is 1. The molecule has 0 amide bonds. The van der Waals surface area contributed by atoms with Crippen molar-refractivity contribution in [1.29, 1.82) is 0 Å². The molecule has 3 heteroatoms. The van der Waals surface area contributed by atoms with E-state index in [2.05, 4.69) is 64.3 Å². The van der Waals surface area contributed by atoms with Crippen molar-refractivity contribution in [3.63, 3.8) is 0 Å². The topological polar surface area (TPSA) is 17.0 Å². The maximum absolute atomic E-state index is 16.1. The maximum Gasteiger partial charge on any atom is 0.216 e. The number of nitrogens with zero attached hydrogens (tertiary/aromatic N) is 1. The molecule has 0 fully saturated rings. The minimum Gasteiger partial charge on any atom is -0.454 e. The van der Waals surface area contributed by atoms with E-state index in [1.165, 1.54) is 6.07 Å². The third kappa shape index (κ3) is 3.70. The number of aryl methyl sites for hydroxylation is 2. The van der Waals surface area contributed by atoms with Gasteiger partial charge in [-0.2, -0.15) is 0 Å². The monoisotopic (exact) mass is 508 g/mol. The van der Waals surface area contributed by atoms with Gasteiger partial charge in [-0.3, -0.25) is 0 Å². The van der Waals surface area contributed by atoms with Crippen molar-refractivity contribution >= 4 is 21.9 Å². The van der Waals surface area contributed by atoms with Crippen molar-refractivity contribution in [2.75, 3.05) is 0 Å². The fourth-order valence-corrected chi connectivity index (χ4v) is 6.28. The Labute approximate surface area is 227 Å². The predicted octanol–water partition coefficient (Wildman–Crippen LogP) is 9.10. The van der Waals surface area contributed by atoms with Crippen molar-refractivity contribution in [1.82, 2.24) is 0 Å². The molecule has 0 N–H and O–H groups in total. The fraction of sp³-hybridized carbons (Fsp3) is 0.343. The summed E-state index contributed by atoms with van der Waals surface area (Å²) in [6.45, 7) is 12.7. The van der Waals surface area contributed by atoms with Crippen LogP contribution >= 0.6 is 0 Å². The van der Waals surface area contributed by atoms with Crippen LogP contribution in [0.1, 0.15) is 72.5 Å². The average molecular weight is 509 g/mol. The van der Waals surface area contributed by atoms with E-state index >= 15 is 4.39 Å². The molecule has 3 aromatic carbocycles. The van der Waals surface area contributed by atoms with Gasteiger partial charge in [0, 0.05) is 25.6 Å². The molecule has 2 nitrogen and oxygen atoms in total. The molecule has 1 aliphatic rings. The van der Waals surface area contributed by atoms with Crippen molar-refractivity contribution in [3.8, 4) is 22.4 Å². The van der Waals surface area contributed by atoms with Crippen molar-refractivity contribution < 1.29 is 16.1 Å². The zero-order valence-corrected chi connectivity index (χ0v) is 23.4. The van der Waals surface area contributed by atoms with E-state index in [1.54, 1.807) is 0 Å². The molecule has 2 aromatic heterocycles. The Hall–Kier alpha value is -3.46. The molecule has 0 saturated carbocycles. The lowest BCUT2D eigenvalue weighted by atomic mass is 9.66. The van der Waals surface area contributed by atoms with Gasteiger partial charge in [-0.15, -0.1) is 0 Å². The third-order valence-electron chi connectivity index (χ3n) is 8.29. The molecule has 0 atom stereocenters.